The van der Waals surface area contributed by atoms with Crippen molar-refractivity contribution >= 4 is 27.1 Å². The summed E-state index contributed by atoms with van der Waals surface area (Å²) >= 11 is 3.30. The van der Waals surface area contributed by atoms with E-state index in [1.54, 1.807) is 13.2 Å². The van der Waals surface area contributed by atoms with E-state index in [0.717, 1.165) is 9.99 Å². The largest absolute Gasteiger partial charge is 0.232 e. The molecule has 0 unspecified atom stereocenters. The molecule has 2 rings (SSSR count). The van der Waals surface area contributed by atoms with Crippen molar-refractivity contribution in [2.24, 2.45) is 7.05 Å². The van der Waals surface area contributed by atoms with E-state index < -0.39 is 0 Å². The zero-order valence-electron chi connectivity index (χ0n) is 5.82. The molecule has 0 aliphatic carbocycles. The van der Waals surface area contributed by atoms with Crippen molar-refractivity contribution < 1.29 is 0 Å². The third-order valence-electron chi connectivity index (χ3n) is 1.31. The van der Waals surface area contributed by atoms with E-state index in [1.165, 1.54) is 4.80 Å². The Labute approximate surface area is 71.4 Å². The maximum atomic E-state index is 4.09. The van der Waals surface area contributed by atoms with Crippen LogP contribution in [0.1, 0.15) is 0 Å². The molecule has 2 heterocycles. The highest BCUT2D eigenvalue weighted by Crippen LogP contribution is 2.12. The molecule has 0 radical (unpaired) electrons. The Morgan fingerprint density at radius 3 is 3.09 bits per heavy atom. The Bertz CT molecular complexity index is 394. The predicted molar refractivity (Wildman–Crippen MR) is 44.0 cm³/mol. The summed E-state index contributed by atoms with van der Waals surface area (Å²) in [7, 11) is 1.77. The Hall–Kier alpha value is -0.970. The first kappa shape index (κ1) is 6.72. The summed E-state index contributed by atoms with van der Waals surface area (Å²) in [5, 5.41) is 8.11. The normalized spacial score (nSPS) is 10.7. The van der Waals surface area contributed by atoms with Crippen LogP contribution in [0.2, 0.25) is 0 Å². The van der Waals surface area contributed by atoms with Gasteiger partial charge in [-0.2, -0.15) is 9.90 Å². The maximum absolute atomic E-state index is 4.09. The van der Waals surface area contributed by atoms with Gasteiger partial charge in [-0.25, -0.2) is 4.98 Å². The molecule has 0 amide bonds. The molecule has 0 atom stereocenters. The minimum Gasteiger partial charge on any atom is -0.232 e. The van der Waals surface area contributed by atoms with Gasteiger partial charge in [-0.05, 0) is 22.0 Å². The van der Waals surface area contributed by atoms with E-state index in [0.29, 0.717) is 5.65 Å². The van der Waals surface area contributed by atoms with Crippen LogP contribution in [0.3, 0.4) is 0 Å². The van der Waals surface area contributed by atoms with Gasteiger partial charge in [0.1, 0.15) is 5.52 Å². The smallest absolute Gasteiger partial charge is 0.201 e. The van der Waals surface area contributed by atoms with Gasteiger partial charge in [-0.3, -0.25) is 0 Å². The molecule has 5 heteroatoms. The van der Waals surface area contributed by atoms with Crippen LogP contribution in [0.5, 0.6) is 0 Å². The van der Waals surface area contributed by atoms with E-state index in [2.05, 4.69) is 31.1 Å². The summed E-state index contributed by atoms with van der Waals surface area (Å²) in [6.45, 7) is 0. The van der Waals surface area contributed by atoms with Gasteiger partial charge < -0.3 is 0 Å². The summed E-state index contributed by atoms with van der Waals surface area (Å²) < 4.78 is 0.922. The number of pyridine rings is 1. The van der Waals surface area contributed by atoms with Gasteiger partial charge in [-0.1, -0.05) is 0 Å². The number of fused-ring (bicyclic) bond motifs is 1. The Morgan fingerprint density at radius 1 is 1.45 bits per heavy atom. The van der Waals surface area contributed by atoms with Gasteiger partial charge in [0.25, 0.3) is 0 Å². The van der Waals surface area contributed by atoms with Gasteiger partial charge >= 0.3 is 0 Å². The minimum absolute atomic E-state index is 0.677. The van der Waals surface area contributed by atoms with Crippen molar-refractivity contribution in [3.63, 3.8) is 0 Å². The van der Waals surface area contributed by atoms with Gasteiger partial charge in [0.2, 0.25) is 5.65 Å². The number of aryl methyl sites for hydroxylation is 1. The molecule has 0 aliphatic heterocycles. The fourth-order valence-electron chi connectivity index (χ4n) is 0.887. The third kappa shape index (κ3) is 1.11. The Morgan fingerprint density at radius 2 is 2.27 bits per heavy atom. The topological polar surface area (TPSA) is 43.6 Å². The lowest BCUT2D eigenvalue weighted by Crippen LogP contribution is -1.90. The van der Waals surface area contributed by atoms with E-state index in [1.807, 2.05) is 6.07 Å². The van der Waals surface area contributed by atoms with Crippen LogP contribution in [0.15, 0.2) is 16.7 Å². The van der Waals surface area contributed by atoms with Crippen molar-refractivity contribution in [2.75, 3.05) is 0 Å². The first-order valence-electron chi connectivity index (χ1n) is 3.08. The molecule has 0 bridgehead atoms. The molecule has 2 aromatic heterocycles. The molecule has 2 aromatic rings. The molecule has 56 valence electrons. The molecule has 4 nitrogen and oxygen atoms in total. The highest BCUT2D eigenvalue weighted by atomic mass is 79.9. The monoisotopic (exact) mass is 212 g/mol. The van der Waals surface area contributed by atoms with Gasteiger partial charge in [0, 0.05) is 17.7 Å². The van der Waals surface area contributed by atoms with Crippen LogP contribution in [0.25, 0.3) is 11.2 Å². The molecule has 0 aromatic carbocycles. The number of hydrogen-bond acceptors (Lipinski definition) is 3. The third-order valence-corrected chi connectivity index (χ3v) is 1.74. The number of nitrogens with zero attached hydrogens (tertiary/aromatic N) is 4. The lowest BCUT2D eigenvalue weighted by molar-refractivity contribution is 0.663. The summed E-state index contributed by atoms with van der Waals surface area (Å²) in [5.41, 5.74) is 1.48. The zero-order chi connectivity index (χ0) is 7.84. The number of hydrogen-bond donors (Lipinski definition) is 0. The molecule has 0 spiro atoms. The zero-order valence-corrected chi connectivity index (χ0v) is 7.41. The predicted octanol–water partition coefficient (Wildman–Crippen LogP) is 1.13. The highest BCUT2D eigenvalue weighted by molar-refractivity contribution is 9.10. The molecular formula is C6H5BrN4. The molecular weight excluding hydrogens is 208 g/mol. The van der Waals surface area contributed by atoms with Gasteiger partial charge in [0.05, 0.1) is 0 Å². The maximum Gasteiger partial charge on any atom is 0.201 e. The second kappa shape index (κ2) is 2.27. The highest BCUT2D eigenvalue weighted by Gasteiger charge is 2.00. The summed E-state index contributed by atoms with van der Waals surface area (Å²) in [6.07, 6.45) is 1.71. The van der Waals surface area contributed by atoms with E-state index in [9.17, 15) is 0 Å². The van der Waals surface area contributed by atoms with Crippen LogP contribution in [-0.2, 0) is 7.05 Å². The van der Waals surface area contributed by atoms with Crippen molar-refractivity contribution in [1.29, 1.82) is 0 Å². The van der Waals surface area contributed by atoms with Crippen LogP contribution in [0.4, 0.5) is 0 Å². The van der Waals surface area contributed by atoms with Gasteiger partial charge in [0.15, 0.2) is 0 Å². The number of halogens is 1. The molecule has 0 aliphatic rings. The van der Waals surface area contributed by atoms with Crippen LogP contribution in [-0.4, -0.2) is 20.0 Å². The fraction of sp³-hybridized carbons (Fsp3) is 0.167. The molecule has 0 N–H and O–H groups in total. The van der Waals surface area contributed by atoms with Crippen molar-refractivity contribution in [2.45, 2.75) is 0 Å². The average molecular weight is 213 g/mol. The van der Waals surface area contributed by atoms with E-state index >= 15 is 0 Å². The summed E-state index contributed by atoms with van der Waals surface area (Å²) in [5.74, 6) is 0. The van der Waals surface area contributed by atoms with Crippen molar-refractivity contribution in [1.82, 2.24) is 20.0 Å². The number of rotatable bonds is 0. The molecule has 0 fully saturated rings. The van der Waals surface area contributed by atoms with E-state index in [4.69, 9.17) is 0 Å². The lowest BCUT2D eigenvalue weighted by atomic mass is 10.4. The minimum atomic E-state index is 0.677. The second-order valence-electron chi connectivity index (χ2n) is 2.19. The van der Waals surface area contributed by atoms with Crippen LogP contribution in [0, 0.1) is 0 Å². The second-order valence-corrected chi connectivity index (χ2v) is 3.10. The molecule has 0 saturated carbocycles. The first-order chi connectivity index (χ1) is 5.25. The number of aromatic nitrogens is 4. The lowest BCUT2D eigenvalue weighted by Gasteiger charge is -1.84. The van der Waals surface area contributed by atoms with Crippen LogP contribution >= 0.6 is 15.9 Å². The fourth-order valence-corrected chi connectivity index (χ4v) is 1.21. The summed E-state index contributed by atoms with van der Waals surface area (Å²) in [4.78, 5) is 5.56. The van der Waals surface area contributed by atoms with E-state index in [-0.39, 0.29) is 0 Å². The molecule has 0 saturated heterocycles. The van der Waals surface area contributed by atoms with Crippen molar-refractivity contribution in [3.05, 3.63) is 16.7 Å². The summed E-state index contributed by atoms with van der Waals surface area (Å²) in [6, 6.07) is 1.88. The average Bonchev–Trinajstić information content (AvgIpc) is 2.27. The molecule has 11 heavy (non-hydrogen) atoms. The standard InChI is InChI=1S/C6H5BrN4/c1-11-9-5-2-4(7)3-8-6(5)10-11/h2-3H,1H3. The first-order valence-corrected chi connectivity index (χ1v) is 3.87. The quantitative estimate of drug-likeness (QED) is 0.658. The van der Waals surface area contributed by atoms with Crippen molar-refractivity contribution in [3.8, 4) is 0 Å². The van der Waals surface area contributed by atoms with Crippen LogP contribution < -0.4 is 0 Å². The Balaban J connectivity index is 2.82. The SMILES string of the molecule is Cn1nc2cc(Br)cnc2n1. The Kier molecular flexibility index (Phi) is 1.38. The van der Waals surface area contributed by atoms with Gasteiger partial charge in [-0.15, -0.1) is 5.10 Å².